The van der Waals surface area contributed by atoms with Gasteiger partial charge in [-0.1, -0.05) is 6.92 Å². The molecule has 2 unspecified atom stereocenters. The number of hydrogen-bond acceptors (Lipinski definition) is 5. The van der Waals surface area contributed by atoms with Crippen molar-refractivity contribution in [3.63, 3.8) is 0 Å². The minimum absolute atomic E-state index is 0.210. The van der Waals surface area contributed by atoms with Crippen LogP contribution in [-0.4, -0.2) is 39.7 Å². The molecule has 1 aliphatic heterocycles. The topological polar surface area (TPSA) is 96.5 Å². The molecule has 0 radical (unpaired) electrons. The third-order valence-corrected chi connectivity index (χ3v) is 3.53. The van der Waals surface area contributed by atoms with Gasteiger partial charge in [0.2, 0.25) is 0 Å². The van der Waals surface area contributed by atoms with Gasteiger partial charge in [0.05, 0.1) is 6.10 Å². The molecule has 0 aromatic rings. The molecule has 0 bridgehead atoms. The van der Waals surface area contributed by atoms with Crippen LogP contribution < -0.4 is 14.8 Å². The van der Waals surface area contributed by atoms with Crippen molar-refractivity contribution in [1.29, 1.82) is 0 Å². The quantitative estimate of drug-likeness (QED) is 0.670. The van der Waals surface area contributed by atoms with E-state index in [4.69, 9.17) is 4.74 Å². The molecule has 0 saturated carbocycles. The number of nitrogens with one attached hydrogen (secondary N) is 3. The van der Waals surface area contributed by atoms with Gasteiger partial charge in [0.25, 0.3) is 0 Å². The van der Waals surface area contributed by atoms with Gasteiger partial charge in [0, 0.05) is 12.6 Å². The summed E-state index contributed by atoms with van der Waals surface area (Å²) in [5.74, 6) is 0.397. The second kappa shape index (κ2) is 6.35. The largest absolute Gasteiger partial charge is 0.446 e. The number of hydrogen-bond donors (Lipinski definition) is 3. The standard InChI is InChI=1S/C10H21N3O4S/c1-7(2)17-10(14)13-18(15,16)12-9-4-8(3)5-11-6-9/h7-9,11-12H,4-6H2,1-3H3,(H,13,14). The highest BCUT2D eigenvalue weighted by atomic mass is 32.2. The van der Waals surface area contributed by atoms with Crippen LogP contribution in [0, 0.1) is 5.92 Å². The van der Waals surface area contributed by atoms with Gasteiger partial charge in [-0.05, 0) is 32.7 Å². The Morgan fingerprint density at radius 1 is 1.39 bits per heavy atom. The van der Waals surface area contributed by atoms with Gasteiger partial charge < -0.3 is 10.1 Å². The van der Waals surface area contributed by atoms with E-state index in [1.165, 1.54) is 0 Å². The maximum atomic E-state index is 11.6. The average Bonchev–Trinajstić information content (AvgIpc) is 2.13. The molecular formula is C10H21N3O4S. The summed E-state index contributed by atoms with van der Waals surface area (Å²) in [5, 5.41) is 3.12. The fourth-order valence-corrected chi connectivity index (χ4v) is 2.79. The highest BCUT2D eigenvalue weighted by Crippen LogP contribution is 2.09. The smallest absolute Gasteiger partial charge is 0.422 e. The summed E-state index contributed by atoms with van der Waals surface area (Å²) >= 11 is 0. The Kier molecular flexibility index (Phi) is 5.36. The van der Waals surface area contributed by atoms with E-state index in [0.29, 0.717) is 12.5 Å². The van der Waals surface area contributed by atoms with E-state index >= 15 is 0 Å². The van der Waals surface area contributed by atoms with Crippen molar-refractivity contribution in [3.8, 4) is 0 Å². The third kappa shape index (κ3) is 5.65. The van der Waals surface area contributed by atoms with Crippen molar-refractivity contribution < 1.29 is 17.9 Å². The number of rotatable bonds is 4. The van der Waals surface area contributed by atoms with Crippen molar-refractivity contribution in [2.75, 3.05) is 13.1 Å². The summed E-state index contributed by atoms with van der Waals surface area (Å²) in [6.07, 6.45) is -0.585. The molecule has 1 aliphatic rings. The highest BCUT2D eigenvalue weighted by Gasteiger charge is 2.24. The van der Waals surface area contributed by atoms with Gasteiger partial charge in [-0.3, -0.25) is 0 Å². The maximum absolute atomic E-state index is 11.6. The normalized spacial score (nSPS) is 24.9. The molecule has 106 valence electrons. The van der Waals surface area contributed by atoms with E-state index in [0.717, 1.165) is 13.0 Å². The van der Waals surface area contributed by atoms with E-state index in [2.05, 4.69) is 10.0 Å². The van der Waals surface area contributed by atoms with Gasteiger partial charge in [-0.15, -0.1) is 0 Å². The lowest BCUT2D eigenvalue weighted by molar-refractivity contribution is 0.121. The summed E-state index contributed by atoms with van der Waals surface area (Å²) in [7, 11) is -3.86. The van der Waals surface area contributed by atoms with Crippen LogP contribution in [0.15, 0.2) is 0 Å². The lowest BCUT2D eigenvalue weighted by atomic mass is 9.99. The predicted octanol–water partition coefficient (Wildman–Crippen LogP) is -0.0466. The Morgan fingerprint density at radius 3 is 2.61 bits per heavy atom. The fourth-order valence-electron chi connectivity index (χ4n) is 1.84. The van der Waals surface area contributed by atoms with Crippen LogP contribution in [-0.2, 0) is 14.9 Å². The number of amides is 1. The monoisotopic (exact) mass is 279 g/mol. The van der Waals surface area contributed by atoms with Crippen LogP contribution >= 0.6 is 0 Å². The number of carbonyl (C=O) groups excluding carboxylic acids is 1. The van der Waals surface area contributed by atoms with Crippen molar-refractivity contribution in [3.05, 3.63) is 0 Å². The molecule has 18 heavy (non-hydrogen) atoms. The van der Waals surface area contributed by atoms with Crippen LogP contribution in [0.3, 0.4) is 0 Å². The summed E-state index contributed by atoms with van der Waals surface area (Å²) in [6, 6.07) is -0.210. The fraction of sp³-hybridized carbons (Fsp3) is 0.900. The molecule has 1 fully saturated rings. The van der Waals surface area contributed by atoms with E-state index in [1.54, 1.807) is 13.8 Å². The van der Waals surface area contributed by atoms with Crippen molar-refractivity contribution in [2.45, 2.75) is 39.3 Å². The summed E-state index contributed by atoms with van der Waals surface area (Å²) in [4.78, 5) is 11.2. The summed E-state index contributed by atoms with van der Waals surface area (Å²) in [5.41, 5.74) is 0. The van der Waals surface area contributed by atoms with E-state index in [-0.39, 0.29) is 12.1 Å². The maximum Gasteiger partial charge on any atom is 0.422 e. The molecule has 1 heterocycles. The van der Waals surface area contributed by atoms with Gasteiger partial charge in [0.15, 0.2) is 0 Å². The van der Waals surface area contributed by atoms with Crippen molar-refractivity contribution in [1.82, 2.24) is 14.8 Å². The van der Waals surface area contributed by atoms with Crippen LogP contribution in [0.2, 0.25) is 0 Å². The van der Waals surface area contributed by atoms with Gasteiger partial charge in [0.1, 0.15) is 0 Å². The Hall–Kier alpha value is -0.860. The average molecular weight is 279 g/mol. The van der Waals surface area contributed by atoms with Crippen molar-refractivity contribution >= 4 is 16.3 Å². The van der Waals surface area contributed by atoms with Gasteiger partial charge in [-0.25, -0.2) is 9.52 Å². The van der Waals surface area contributed by atoms with Crippen LogP contribution in [0.4, 0.5) is 4.79 Å². The Bertz CT molecular complexity index is 383. The third-order valence-electron chi connectivity index (χ3n) is 2.45. The summed E-state index contributed by atoms with van der Waals surface area (Å²) in [6.45, 7) is 6.76. The minimum atomic E-state index is -3.86. The van der Waals surface area contributed by atoms with Gasteiger partial charge in [-0.2, -0.15) is 13.1 Å². The molecule has 1 rings (SSSR count). The number of ether oxygens (including phenoxy) is 1. The first-order chi connectivity index (χ1) is 8.28. The zero-order valence-corrected chi connectivity index (χ0v) is 11.7. The molecule has 7 nitrogen and oxygen atoms in total. The molecule has 0 aliphatic carbocycles. The zero-order chi connectivity index (χ0) is 13.8. The zero-order valence-electron chi connectivity index (χ0n) is 10.9. The predicted molar refractivity (Wildman–Crippen MR) is 67.2 cm³/mol. The molecule has 2 atom stereocenters. The van der Waals surface area contributed by atoms with Crippen molar-refractivity contribution in [2.24, 2.45) is 5.92 Å². The molecule has 1 saturated heterocycles. The molecule has 0 aromatic heterocycles. The lowest BCUT2D eigenvalue weighted by Gasteiger charge is -2.28. The minimum Gasteiger partial charge on any atom is -0.446 e. The second-order valence-corrected chi connectivity index (χ2v) is 6.32. The van der Waals surface area contributed by atoms with E-state index < -0.39 is 16.3 Å². The van der Waals surface area contributed by atoms with Gasteiger partial charge >= 0.3 is 16.3 Å². The van der Waals surface area contributed by atoms with Crippen LogP contribution in [0.25, 0.3) is 0 Å². The first kappa shape index (κ1) is 15.2. The second-order valence-electron chi connectivity index (χ2n) is 4.87. The molecule has 3 N–H and O–H groups in total. The first-order valence-corrected chi connectivity index (χ1v) is 7.48. The number of piperidine rings is 1. The molecule has 0 spiro atoms. The van der Waals surface area contributed by atoms with Crippen LogP contribution in [0.1, 0.15) is 27.2 Å². The number of carbonyl (C=O) groups is 1. The Morgan fingerprint density at radius 2 is 2.06 bits per heavy atom. The molecule has 1 amide bonds. The Balaban J connectivity index is 2.46. The molecular weight excluding hydrogens is 258 g/mol. The Labute approximate surface area is 108 Å². The molecule has 8 heteroatoms. The van der Waals surface area contributed by atoms with Crippen LogP contribution in [0.5, 0.6) is 0 Å². The lowest BCUT2D eigenvalue weighted by Crippen LogP contribution is -2.52. The molecule has 0 aromatic carbocycles. The first-order valence-electron chi connectivity index (χ1n) is 6.00. The SMILES string of the molecule is CC1CNCC(NS(=O)(=O)NC(=O)OC(C)C)C1. The highest BCUT2D eigenvalue weighted by molar-refractivity contribution is 7.88. The summed E-state index contributed by atoms with van der Waals surface area (Å²) < 4.78 is 32.3. The van der Waals surface area contributed by atoms with E-state index in [9.17, 15) is 13.2 Å². The van der Waals surface area contributed by atoms with E-state index in [1.807, 2.05) is 11.6 Å².